The second-order valence-electron chi connectivity index (χ2n) is 7.23. The fraction of sp³-hybridized carbons (Fsp3) is 0.227. The summed E-state index contributed by atoms with van der Waals surface area (Å²) in [7, 11) is 0. The number of halogens is 3. The molecule has 1 saturated carbocycles. The molecule has 8 heteroatoms. The van der Waals surface area contributed by atoms with Crippen LogP contribution in [-0.4, -0.2) is 28.0 Å². The normalized spacial score (nSPS) is 14.4. The van der Waals surface area contributed by atoms with E-state index in [0.29, 0.717) is 39.8 Å². The number of carbonyl (C=O) groups is 1. The third-order valence-corrected chi connectivity index (χ3v) is 5.18. The molecule has 154 valence electrons. The van der Waals surface area contributed by atoms with E-state index in [1.54, 1.807) is 30.3 Å². The molecule has 1 aliphatic carbocycles. The first kappa shape index (κ1) is 20.2. The highest BCUT2D eigenvalue weighted by Gasteiger charge is 2.19. The van der Waals surface area contributed by atoms with Gasteiger partial charge in [0.15, 0.2) is 0 Å². The molecule has 0 saturated heterocycles. The molecule has 30 heavy (non-hydrogen) atoms. The first-order valence-electron chi connectivity index (χ1n) is 9.60. The standard InChI is InChI=1S/C22H19ClF2N4O/c23-15-6-4-13(5-7-15)22(30)27-21(26-18-2-1-3-18)12-19-11-20(29-28-19)14-8-16(24)10-17(25)9-14/h4-11,18H,1-3,12H2,(H,28,29)(H,26,27,30). The average Bonchev–Trinajstić information content (AvgIpc) is 3.13. The SMILES string of the molecule is O=C(NC(Cc1cc(-c2cc(F)cc(F)c2)n[nH]1)=NC1CCC1)c1ccc(Cl)cc1. The monoisotopic (exact) mass is 428 g/mol. The van der Waals surface area contributed by atoms with Gasteiger partial charge in [0.25, 0.3) is 5.91 Å². The van der Waals surface area contributed by atoms with Crippen LogP contribution in [0.2, 0.25) is 5.02 Å². The molecule has 3 aromatic rings. The number of nitrogens with zero attached hydrogens (tertiary/aromatic N) is 2. The van der Waals surface area contributed by atoms with Crippen molar-refractivity contribution in [2.75, 3.05) is 0 Å². The molecule has 1 aromatic heterocycles. The first-order valence-corrected chi connectivity index (χ1v) is 9.98. The molecular formula is C22H19ClF2N4O. The molecule has 0 aliphatic heterocycles. The molecule has 0 radical (unpaired) electrons. The lowest BCUT2D eigenvalue weighted by molar-refractivity contribution is 0.0976. The van der Waals surface area contributed by atoms with E-state index in [-0.39, 0.29) is 11.9 Å². The Balaban J connectivity index is 1.52. The third kappa shape index (κ3) is 4.91. The van der Waals surface area contributed by atoms with E-state index in [9.17, 15) is 13.6 Å². The van der Waals surface area contributed by atoms with Crippen molar-refractivity contribution in [3.63, 3.8) is 0 Å². The molecule has 1 fully saturated rings. The summed E-state index contributed by atoms with van der Waals surface area (Å²) >= 11 is 5.88. The van der Waals surface area contributed by atoms with Gasteiger partial charge in [0.1, 0.15) is 17.5 Å². The summed E-state index contributed by atoms with van der Waals surface area (Å²) < 4.78 is 27.0. The summed E-state index contributed by atoms with van der Waals surface area (Å²) in [5.41, 5.74) is 1.89. The minimum atomic E-state index is -0.669. The largest absolute Gasteiger partial charge is 0.310 e. The molecule has 1 amide bonds. The lowest BCUT2D eigenvalue weighted by Crippen LogP contribution is -2.34. The lowest BCUT2D eigenvalue weighted by atomic mass is 9.94. The van der Waals surface area contributed by atoms with Crippen molar-refractivity contribution in [1.82, 2.24) is 15.5 Å². The van der Waals surface area contributed by atoms with Crippen LogP contribution in [0.4, 0.5) is 8.78 Å². The quantitative estimate of drug-likeness (QED) is 0.446. The van der Waals surface area contributed by atoms with E-state index >= 15 is 0 Å². The highest BCUT2D eigenvalue weighted by Crippen LogP contribution is 2.23. The van der Waals surface area contributed by atoms with Crippen LogP contribution in [0.1, 0.15) is 35.3 Å². The van der Waals surface area contributed by atoms with Crippen molar-refractivity contribution < 1.29 is 13.6 Å². The van der Waals surface area contributed by atoms with Crippen molar-refractivity contribution in [1.29, 1.82) is 0 Å². The average molecular weight is 429 g/mol. The Morgan fingerprint density at radius 2 is 1.83 bits per heavy atom. The second kappa shape index (κ2) is 8.75. The highest BCUT2D eigenvalue weighted by atomic mass is 35.5. The molecule has 1 heterocycles. The van der Waals surface area contributed by atoms with E-state index in [2.05, 4.69) is 20.5 Å². The number of H-pyrrole nitrogens is 1. The van der Waals surface area contributed by atoms with Crippen molar-refractivity contribution in [3.05, 3.63) is 76.4 Å². The summed E-state index contributed by atoms with van der Waals surface area (Å²) in [6, 6.07) is 11.7. The van der Waals surface area contributed by atoms with E-state index in [4.69, 9.17) is 11.6 Å². The zero-order valence-corrected chi connectivity index (χ0v) is 16.7. The Hall–Kier alpha value is -3.06. The fourth-order valence-electron chi connectivity index (χ4n) is 3.14. The van der Waals surface area contributed by atoms with Gasteiger partial charge >= 0.3 is 0 Å². The molecule has 5 nitrogen and oxygen atoms in total. The first-order chi connectivity index (χ1) is 14.5. The zero-order chi connectivity index (χ0) is 21.1. The van der Waals surface area contributed by atoms with Crippen molar-refractivity contribution in [3.8, 4) is 11.3 Å². The molecule has 2 aromatic carbocycles. The Morgan fingerprint density at radius 1 is 1.13 bits per heavy atom. The molecule has 0 bridgehead atoms. The predicted molar refractivity (Wildman–Crippen MR) is 112 cm³/mol. The van der Waals surface area contributed by atoms with E-state index < -0.39 is 11.6 Å². The summed E-state index contributed by atoms with van der Waals surface area (Å²) in [6.07, 6.45) is 3.39. The Labute approximate surface area is 177 Å². The number of amides is 1. The number of carbonyl (C=O) groups excluding carboxylic acids is 1. The van der Waals surface area contributed by atoms with Gasteiger partial charge in [-0.2, -0.15) is 5.10 Å². The summed E-state index contributed by atoms with van der Waals surface area (Å²) in [5, 5.41) is 10.4. The molecule has 0 spiro atoms. The van der Waals surface area contributed by atoms with Gasteiger partial charge in [-0.05, 0) is 61.7 Å². The minimum absolute atomic E-state index is 0.185. The van der Waals surface area contributed by atoms with Crippen LogP contribution in [-0.2, 0) is 6.42 Å². The number of nitrogens with one attached hydrogen (secondary N) is 2. The number of benzene rings is 2. The van der Waals surface area contributed by atoms with Gasteiger partial charge in [-0.15, -0.1) is 0 Å². The fourth-order valence-corrected chi connectivity index (χ4v) is 3.27. The van der Waals surface area contributed by atoms with Crippen LogP contribution in [0, 0.1) is 11.6 Å². The van der Waals surface area contributed by atoms with Gasteiger partial charge in [-0.1, -0.05) is 11.6 Å². The van der Waals surface area contributed by atoms with Crippen LogP contribution >= 0.6 is 11.6 Å². The summed E-state index contributed by atoms with van der Waals surface area (Å²) in [5.74, 6) is -1.11. The Morgan fingerprint density at radius 3 is 2.47 bits per heavy atom. The zero-order valence-electron chi connectivity index (χ0n) is 16.0. The number of amidine groups is 1. The van der Waals surface area contributed by atoms with E-state index in [0.717, 1.165) is 25.3 Å². The minimum Gasteiger partial charge on any atom is -0.310 e. The smallest absolute Gasteiger partial charge is 0.256 e. The maximum atomic E-state index is 13.5. The molecule has 0 unspecified atom stereocenters. The highest BCUT2D eigenvalue weighted by molar-refractivity contribution is 6.30. The van der Waals surface area contributed by atoms with E-state index in [1.165, 1.54) is 12.1 Å². The van der Waals surface area contributed by atoms with Gasteiger partial charge in [-0.3, -0.25) is 14.9 Å². The van der Waals surface area contributed by atoms with Crippen LogP contribution in [0.3, 0.4) is 0 Å². The van der Waals surface area contributed by atoms with Crippen LogP contribution in [0.5, 0.6) is 0 Å². The Kier molecular flexibility index (Phi) is 5.90. The van der Waals surface area contributed by atoms with E-state index in [1.807, 2.05) is 0 Å². The molecular weight excluding hydrogens is 410 g/mol. The maximum absolute atomic E-state index is 13.5. The van der Waals surface area contributed by atoms with Crippen LogP contribution in [0.25, 0.3) is 11.3 Å². The lowest BCUT2D eigenvalue weighted by Gasteiger charge is -2.22. The molecule has 0 atom stereocenters. The van der Waals surface area contributed by atoms with Crippen LogP contribution < -0.4 is 5.32 Å². The number of hydrogen-bond donors (Lipinski definition) is 2. The third-order valence-electron chi connectivity index (χ3n) is 4.92. The molecule has 2 N–H and O–H groups in total. The van der Waals surface area contributed by atoms with Crippen molar-refractivity contribution in [2.45, 2.75) is 31.7 Å². The Bertz CT molecular complexity index is 1070. The molecule has 1 aliphatic rings. The van der Waals surface area contributed by atoms with Crippen LogP contribution in [0.15, 0.2) is 53.5 Å². The number of aromatic amines is 1. The predicted octanol–water partition coefficient (Wildman–Crippen LogP) is 4.93. The maximum Gasteiger partial charge on any atom is 0.256 e. The summed E-state index contributed by atoms with van der Waals surface area (Å²) in [4.78, 5) is 17.3. The van der Waals surface area contributed by atoms with Gasteiger partial charge in [-0.25, -0.2) is 8.78 Å². The number of aliphatic imine (C=N–C) groups is 1. The number of aromatic nitrogens is 2. The molecule has 4 rings (SSSR count). The number of rotatable bonds is 5. The van der Waals surface area contributed by atoms with Crippen molar-refractivity contribution >= 4 is 23.3 Å². The van der Waals surface area contributed by atoms with Gasteiger partial charge in [0, 0.05) is 34.3 Å². The topological polar surface area (TPSA) is 70.1 Å². The van der Waals surface area contributed by atoms with Gasteiger partial charge in [0.2, 0.25) is 0 Å². The van der Waals surface area contributed by atoms with Gasteiger partial charge in [0.05, 0.1) is 11.7 Å². The number of hydrogen-bond acceptors (Lipinski definition) is 3. The summed E-state index contributed by atoms with van der Waals surface area (Å²) in [6.45, 7) is 0. The van der Waals surface area contributed by atoms with Gasteiger partial charge < -0.3 is 5.32 Å². The second-order valence-corrected chi connectivity index (χ2v) is 7.67. The van der Waals surface area contributed by atoms with Crippen molar-refractivity contribution in [2.24, 2.45) is 4.99 Å².